The molecule has 0 unspecified atom stereocenters. The maximum atomic E-state index is 12.4. The summed E-state index contributed by atoms with van der Waals surface area (Å²) in [6, 6.07) is 6.09. The Morgan fingerprint density at radius 2 is 2.29 bits per heavy atom. The molecule has 1 aliphatic rings. The van der Waals surface area contributed by atoms with Gasteiger partial charge in [-0.15, -0.1) is 11.3 Å². The summed E-state index contributed by atoms with van der Waals surface area (Å²) in [5.41, 5.74) is 6.69. The van der Waals surface area contributed by atoms with Gasteiger partial charge in [-0.1, -0.05) is 15.9 Å². The molecule has 1 saturated carbocycles. The minimum atomic E-state index is -0.0789. The van der Waals surface area contributed by atoms with Crippen LogP contribution in [0.1, 0.15) is 29.4 Å². The van der Waals surface area contributed by atoms with Gasteiger partial charge < -0.3 is 15.8 Å². The van der Waals surface area contributed by atoms with E-state index in [-0.39, 0.29) is 18.1 Å². The van der Waals surface area contributed by atoms with Crippen molar-refractivity contribution in [2.24, 2.45) is 0 Å². The van der Waals surface area contributed by atoms with Crippen molar-refractivity contribution in [2.45, 2.75) is 31.9 Å². The maximum absolute atomic E-state index is 12.4. The van der Waals surface area contributed by atoms with E-state index in [1.54, 1.807) is 0 Å². The van der Waals surface area contributed by atoms with Gasteiger partial charge >= 0.3 is 0 Å². The Morgan fingerprint density at radius 3 is 3.00 bits per heavy atom. The predicted octanol–water partition coefficient (Wildman–Crippen LogP) is 3.54. The van der Waals surface area contributed by atoms with Gasteiger partial charge in [0.1, 0.15) is 4.88 Å². The highest BCUT2D eigenvalue weighted by Gasteiger charge is 2.31. The van der Waals surface area contributed by atoms with Crippen LogP contribution in [0.15, 0.2) is 22.7 Å². The molecule has 2 aromatic rings. The van der Waals surface area contributed by atoms with Gasteiger partial charge in [-0.25, -0.2) is 0 Å². The summed E-state index contributed by atoms with van der Waals surface area (Å²) >= 11 is 4.87. The number of fused-ring (bicyclic) bond motifs is 1. The van der Waals surface area contributed by atoms with E-state index in [2.05, 4.69) is 21.2 Å². The molecule has 21 heavy (non-hydrogen) atoms. The van der Waals surface area contributed by atoms with Crippen molar-refractivity contribution in [3.05, 3.63) is 27.5 Å². The number of carbonyl (C=O) groups excluding carboxylic acids is 1. The van der Waals surface area contributed by atoms with Crippen LogP contribution in [0, 0.1) is 0 Å². The van der Waals surface area contributed by atoms with Crippen LogP contribution in [0.2, 0.25) is 0 Å². The summed E-state index contributed by atoms with van der Waals surface area (Å²) in [5.74, 6) is -0.0789. The molecule has 1 fully saturated rings. The number of carbonyl (C=O) groups is 1. The molecule has 1 aromatic heterocycles. The van der Waals surface area contributed by atoms with E-state index < -0.39 is 0 Å². The fourth-order valence-corrected chi connectivity index (χ4v) is 3.93. The molecule has 3 rings (SSSR count). The SMILES string of the molecule is CCOC1CC(NC(=O)c2sc3ccc(Br)cc3c2N)C1. The summed E-state index contributed by atoms with van der Waals surface area (Å²) in [5, 5.41) is 3.97. The first-order valence-corrected chi connectivity index (χ1v) is 8.59. The number of hydrogen-bond donors (Lipinski definition) is 2. The van der Waals surface area contributed by atoms with Gasteiger partial charge in [0.25, 0.3) is 5.91 Å². The largest absolute Gasteiger partial charge is 0.397 e. The number of rotatable bonds is 4. The molecule has 0 spiro atoms. The van der Waals surface area contributed by atoms with E-state index in [0.717, 1.165) is 34.0 Å². The third kappa shape index (κ3) is 2.93. The molecular weight excluding hydrogens is 352 g/mol. The van der Waals surface area contributed by atoms with Gasteiger partial charge in [0.15, 0.2) is 0 Å². The second-order valence-corrected chi connectivity index (χ2v) is 7.17. The number of nitrogens with one attached hydrogen (secondary N) is 1. The number of nitrogen functional groups attached to an aromatic ring is 1. The molecule has 3 N–H and O–H groups in total. The highest BCUT2D eigenvalue weighted by Crippen LogP contribution is 2.35. The number of nitrogens with two attached hydrogens (primary N) is 1. The van der Waals surface area contributed by atoms with Gasteiger partial charge in [-0.3, -0.25) is 4.79 Å². The van der Waals surface area contributed by atoms with Crippen molar-refractivity contribution in [2.75, 3.05) is 12.3 Å². The maximum Gasteiger partial charge on any atom is 0.263 e. The number of benzene rings is 1. The normalized spacial score (nSPS) is 21.2. The molecule has 0 saturated heterocycles. The standard InChI is InChI=1S/C15H17BrN2O2S/c1-2-20-10-6-9(7-10)18-15(19)14-13(17)11-5-8(16)3-4-12(11)21-14/h3-5,9-10H,2,6-7,17H2,1H3,(H,18,19). The number of thiophene rings is 1. The Labute approximate surface area is 135 Å². The quantitative estimate of drug-likeness (QED) is 0.867. The first-order valence-electron chi connectivity index (χ1n) is 6.98. The van der Waals surface area contributed by atoms with Gasteiger partial charge in [0.05, 0.1) is 11.8 Å². The molecule has 1 aliphatic carbocycles. The molecule has 1 amide bonds. The molecule has 6 heteroatoms. The van der Waals surface area contributed by atoms with Gasteiger partial charge in [-0.05, 0) is 38.0 Å². The third-order valence-corrected chi connectivity index (χ3v) is 5.41. The number of halogens is 1. The van der Waals surface area contributed by atoms with E-state index in [4.69, 9.17) is 10.5 Å². The minimum Gasteiger partial charge on any atom is -0.397 e. The average Bonchev–Trinajstić information content (AvgIpc) is 2.74. The Bertz CT molecular complexity index is 680. The van der Waals surface area contributed by atoms with E-state index in [0.29, 0.717) is 10.6 Å². The van der Waals surface area contributed by atoms with Gasteiger partial charge in [0, 0.05) is 27.2 Å². The zero-order chi connectivity index (χ0) is 15.0. The lowest BCUT2D eigenvalue weighted by molar-refractivity contribution is -0.00858. The van der Waals surface area contributed by atoms with Crippen LogP contribution in [0.25, 0.3) is 10.1 Å². The fourth-order valence-electron chi connectivity index (χ4n) is 2.56. The summed E-state index contributed by atoms with van der Waals surface area (Å²) in [4.78, 5) is 13.0. The first-order chi connectivity index (χ1) is 10.1. The Kier molecular flexibility index (Phi) is 4.19. The number of amides is 1. The van der Waals surface area contributed by atoms with Crippen LogP contribution in [0.3, 0.4) is 0 Å². The monoisotopic (exact) mass is 368 g/mol. The van der Waals surface area contributed by atoms with Crippen molar-refractivity contribution in [1.82, 2.24) is 5.32 Å². The fraction of sp³-hybridized carbons (Fsp3) is 0.400. The zero-order valence-corrected chi connectivity index (χ0v) is 14.1. The van der Waals surface area contributed by atoms with Crippen LogP contribution in [-0.2, 0) is 4.74 Å². The lowest BCUT2D eigenvalue weighted by Gasteiger charge is -2.35. The lowest BCUT2D eigenvalue weighted by atomic mass is 9.89. The Morgan fingerprint density at radius 1 is 1.52 bits per heavy atom. The summed E-state index contributed by atoms with van der Waals surface area (Å²) in [7, 11) is 0. The number of hydrogen-bond acceptors (Lipinski definition) is 4. The molecule has 112 valence electrons. The predicted molar refractivity (Wildman–Crippen MR) is 89.8 cm³/mol. The number of anilines is 1. The second kappa shape index (κ2) is 5.94. The molecule has 1 aromatic carbocycles. The topological polar surface area (TPSA) is 64.3 Å². The molecule has 1 heterocycles. The molecule has 0 radical (unpaired) electrons. The minimum absolute atomic E-state index is 0.0789. The van der Waals surface area contributed by atoms with Crippen LogP contribution in [-0.4, -0.2) is 24.7 Å². The molecule has 0 atom stereocenters. The van der Waals surface area contributed by atoms with Crippen LogP contribution < -0.4 is 11.1 Å². The van der Waals surface area contributed by atoms with Crippen LogP contribution in [0.5, 0.6) is 0 Å². The van der Waals surface area contributed by atoms with Crippen molar-refractivity contribution < 1.29 is 9.53 Å². The summed E-state index contributed by atoms with van der Waals surface area (Å²) < 4.78 is 7.49. The van der Waals surface area contributed by atoms with E-state index in [1.807, 2.05) is 25.1 Å². The van der Waals surface area contributed by atoms with E-state index in [9.17, 15) is 4.79 Å². The lowest BCUT2D eigenvalue weighted by Crippen LogP contribution is -2.47. The molecule has 4 nitrogen and oxygen atoms in total. The first kappa shape index (κ1) is 14.8. The highest BCUT2D eigenvalue weighted by molar-refractivity contribution is 9.10. The second-order valence-electron chi connectivity index (χ2n) is 5.20. The van der Waals surface area contributed by atoms with Crippen molar-refractivity contribution >= 4 is 48.9 Å². The summed E-state index contributed by atoms with van der Waals surface area (Å²) in [6.45, 7) is 2.71. The van der Waals surface area contributed by atoms with Crippen LogP contribution >= 0.6 is 27.3 Å². The van der Waals surface area contributed by atoms with Crippen molar-refractivity contribution in [1.29, 1.82) is 0 Å². The Hall–Kier alpha value is -1.11. The zero-order valence-electron chi connectivity index (χ0n) is 11.7. The van der Waals surface area contributed by atoms with E-state index >= 15 is 0 Å². The highest BCUT2D eigenvalue weighted by atomic mass is 79.9. The van der Waals surface area contributed by atoms with Gasteiger partial charge in [-0.2, -0.15) is 0 Å². The third-order valence-electron chi connectivity index (χ3n) is 3.73. The number of ether oxygens (including phenoxy) is 1. The Balaban J connectivity index is 1.72. The summed E-state index contributed by atoms with van der Waals surface area (Å²) in [6.07, 6.45) is 2.06. The van der Waals surface area contributed by atoms with E-state index in [1.165, 1.54) is 11.3 Å². The average molecular weight is 369 g/mol. The van der Waals surface area contributed by atoms with Crippen molar-refractivity contribution in [3.8, 4) is 0 Å². The molecule has 0 bridgehead atoms. The van der Waals surface area contributed by atoms with Gasteiger partial charge in [0.2, 0.25) is 0 Å². The molecule has 0 aliphatic heterocycles. The van der Waals surface area contributed by atoms with Crippen molar-refractivity contribution in [3.63, 3.8) is 0 Å². The smallest absolute Gasteiger partial charge is 0.263 e. The molecular formula is C15H17BrN2O2S. The van der Waals surface area contributed by atoms with Crippen LogP contribution in [0.4, 0.5) is 5.69 Å².